The normalized spacial score (nSPS) is 22.7. The Hall–Kier alpha value is -1.61. The Morgan fingerprint density at radius 2 is 2.17 bits per heavy atom. The lowest BCUT2D eigenvalue weighted by molar-refractivity contribution is 0.00299. The van der Waals surface area contributed by atoms with Gasteiger partial charge in [-0.25, -0.2) is 0 Å². The van der Waals surface area contributed by atoms with Crippen molar-refractivity contribution in [2.24, 2.45) is 0 Å². The molecule has 18 heavy (non-hydrogen) atoms. The van der Waals surface area contributed by atoms with Gasteiger partial charge in [0, 0.05) is 18.0 Å². The van der Waals surface area contributed by atoms with Crippen molar-refractivity contribution in [1.82, 2.24) is 4.98 Å². The van der Waals surface area contributed by atoms with Crippen LogP contribution in [-0.4, -0.2) is 23.7 Å². The highest BCUT2D eigenvalue weighted by Gasteiger charge is 2.29. The number of fused-ring (bicyclic) bond motifs is 1. The van der Waals surface area contributed by atoms with Gasteiger partial charge in [-0.3, -0.25) is 4.98 Å². The number of pyridine rings is 1. The van der Waals surface area contributed by atoms with Crippen LogP contribution >= 0.6 is 0 Å². The van der Waals surface area contributed by atoms with Crippen LogP contribution in [0.4, 0.5) is 5.69 Å². The molecular weight excluding hydrogens is 224 g/mol. The molecule has 3 nitrogen and oxygen atoms in total. The van der Waals surface area contributed by atoms with Crippen molar-refractivity contribution < 1.29 is 4.74 Å². The molecule has 0 aliphatic heterocycles. The summed E-state index contributed by atoms with van der Waals surface area (Å²) >= 11 is 0. The van der Waals surface area contributed by atoms with Gasteiger partial charge in [-0.05, 0) is 31.9 Å². The molecule has 3 heteroatoms. The van der Waals surface area contributed by atoms with Crippen molar-refractivity contribution in [2.45, 2.75) is 31.9 Å². The van der Waals surface area contributed by atoms with Gasteiger partial charge in [-0.2, -0.15) is 0 Å². The molecular formula is C15H18N2O. The summed E-state index contributed by atoms with van der Waals surface area (Å²) in [4.78, 5) is 4.45. The fourth-order valence-corrected chi connectivity index (χ4v) is 2.44. The molecule has 1 fully saturated rings. The Bertz CT molecular complexity index is 535. The summed E-state index contributed by atoms with van der Waals surface area (Å²) in [7, 11) is 0. The van der Waals surface area contributed by atoms with Gasteiger partial charge in [0.05, 0.1) is 23.5 Å². The van der Waals surface area contributed by atoms with E-state index < -0.39 is 0 Å². The molecule has 0 saturated heterocycles. The van der Waals surface area contributed by atoms with Gasteiger partial charge >= 0.3 is 0 Å². The van der Waals surface area contributed by atoms with Crippen LogP contribution in [0.1, 0.15) is 19.8 Å². The number of nitrogens with one attached hydrogen (secondary N) is 1. The van der Waals surface area contributed by atoms with Crippen LogP contribution in [0.5, 0.6) is 0 Å². The van der Waals surface area contributed by atoms with E-state index in [0.717, 1.165) is 30.7 Å². The van der Waals surface area contributed by atoms with Crippen molar-refractivity contribution in [3.63, 3.8) is 0 Å². The van der Waals surface area contributed by atoms with Crippen molar-refractivity contribution in [2.75, 3.05) is 11.9 Å². The number of nitrogens with zero attached hydrogens (tertiary/aromatic N) is 1. The Kier molecular flexibility index (Phi) is 3.15. The topological polar surface area (TPSA) is 34.1 Å². The summed E-state index contributed by atoms with van der Waals surface area (Å²) in [5.41, 5.74) is 2.15. The molecule has 2 aromatic rings. The predicted molar refractivity (Wildman–Crippen MR) is 73.8 cm³/mol. The number of anilines is 1. The van der Waals surface area contributed by atoms with Crippen LogP contribution in [0, 0.1) is 0 Å². The third-order valence-electron chi connectivity index (χ3n) is 3.46. The lowest BCUT2D eigenvalue weighted by Crippen LogP contribution is -2.40. The first-order chi connectivity index (χ1) is 8.85. The number of ether oxygens (including phenoxy) is 1. The Morgan fingerprint density at radius 3 is 3.00 bits per heavy atom. The van der Waals surface area contributed by atoms with E-state index in [1.165, 1.54) is 5.39 Å². The fraction of sp³-hybridized carbons (Fsp3) is 0.400. The average Bonchev–Trinajstić information content (AvgIpc) is 2.36. The van der Waals surface area contributed by atoms with Crippen LogP contribution in [0.2, 0.25) is 0 Å². The minimum absolute atomic E-state index is 0.445. The Labute approximate surface area is 107 Å². The quantitative estimate of drug-likeness (QED) is 0.894. The van der Waals surface area contributed by atoms with E-state index in [0.29, 0.717) is 12.1 Å². The Morgan fingerprint density at radius 1 is 1.33 bits per heavy atom. The summed E-state index contributed by atoms with van der Waals surface area (Å²) in [6.45, 7) is 2.86. The highest BCUT2D eigenvalue weighted by atomic mass is 16.5. The largest absolute Gasteiger partial charge is 0.381 e. The van der Waals surface area contributed by atoms with Crippen molar-refractivity contribution in [3.8, 4) is 0 Å². The number of rotatable bonds is 4. The second-order valence-electron chi connectivity index (χ2n) is 4.81. The molecule has 94 valence electrons. The number of hydrogen-bond acceptors (Lipinski definition) is 3. The van der Waals surface area contributed by atoms with E-state index in [1.54, 1.807) is 0 Å². The lowest BCUT2D eigenvalue weighted by atomic mass is 9.89. The number of benzene rings is 1. The van der Waals surface area contributed by atoms with Crippen molar-refractivity contribution >= 4 is 16.6 Å². The zero-order chi connectivity index (χ0) is 12.4. The first kappa shape index (κ1) is 11.5. The fourth-order valence-electron chi connectivity index (χ4n) is 2.44. The van der Waals surface area contributed by atoms with Gasteiger partial charge in [0.25, 0.3) is 0 Å². The summed E-state index contributed by atoms with van der Waals surface area (Å²) in [6.07, 6.45) is 4.55. The molecule has 0 unspecified atom stereocenters. The molecule has 1 heterocycles. The highest BCUT2D eigenvalue weighted by molar-refractivity contribution is 5.81. The first-order valence-electron chi connectivity index (χ1n) is 6.58. The highest BCUT2D eigenvalue weighted by Crippen LogP contribution is 2.27. The monoisotopic (exact) mass is 242 g/mol. The molecule has 1 aliphatic carbocycles. The Balaban J connectivity index is 1.65. The van der Waals surface area contributed by atoms with E-state index in [4.69, 9.17) is 4.74 Å². The molecule has 1 aliphatic rings. The molecule has 0 bridgehead atoms. The van der Waals surface area contributed by atoms with Crippen molar-refractivity contribution in [3.05, 3.63) is 36.5 Å². The number of aromatic nitrogens is 1. The molecule has 3 rings (SSSR count). The number of para-hydroxylation sites is 1. The van der Waals surface area contributed by atoms with Gasteiger partial charge < -0.3 is 10.1 Å². The van der Waals surface area contributed by atoms with Crippen LogP contribution in [0.15, 0.2) is 36.5 Å². The second-order valence-corrected chi connectivity index (χ2v) is 4.81. The smallest absolute Gasteiger partial charge is 0.0703 e. The molecule has 0 amide bonds. The van der Waals surface area contributed by atoms with E-state index in [-0.39, 0.29) is 0 Å². The molecule has 1 N–H and O–H groups in total. The predicted octanol–water partition coefficient (Wildman–Crippen LogP) is 3.21. The zero-order valence-corrected chi connectivity index (χ0v) is 10.6. The summed E-state index contributed by atoms with van der Waals surface area (Å²) < 4.78 is 5.56. The molecule has 1 saturated carbocycles. The van der Waals surface area contributed by atoms with Gasteiger partial charge in [0.1, 0.15) is 0 Å². The van der Waals surface area contributed by atoms with Gasteiger partial charge in [0.15, 0.2) is 0 Å². The van der Waals surface area contributed by atoms with Crippen LogP contribution in [-0.2, 0) is 4.74 Å². The molecule has 0 radical (unpaired) electrons. The third-order valence-corrected chi connectivity index (χ3v) is 3.46. The van der Waals surface area contributed by atoms with Crippen LogP contribution in [0.3, 0.4) is 0 Å². The lowest BCUT2D eigenvalue weighted by Gasteiger charge is -2.36. The summed E-state index contributed by atoms with van der Waals surface area (Å²) in [5, 5.41) is 4.70. The van der Waals surface area contributed by atoms with Gasteiger partial charge in [-0.1, -0.05) is 18.2 Å². The third kappa shape index (κ3) is 2.31. The maximum atomic E-state index is 5.56. The molecule has 0 atom stereocenters. The minimum Gasteiger partial charge on any atom is -0.381 e. The van der Waals surface area contributed by atoms with E-state index in [1.807, 2.05) is 31.3 Å². The summed E-state index contributed by atoms with van der Waals surface area (Å²) in [6, 6.07) is 10.9. The number of hydrogen-bond donors (Lipinski definition) is 1. The van der Waals surface area contributed by atoms with Crippen molar-refractivity contribution in [1.29, 1.82) is 0 Å². The maximum absolute atomic E-state index is 5.56. The zero-order valence-electron chi connectivity index (χ0n) is 10.6. The average molecular weight is 242 g/mol. The van der Waals surface area contributed by atoms with Crippen LogP contribution in [0.25, 0.3) is 10.9 Å². The summed E-state index contributed by atoms with van der Waals surface area (Å²) in [5.74, 6) is 0. The molecule has 1 aromatic heterocycles. The minimum atomic E-state index is 0.445. The van der Waals surface area contributed by atoms with Gasteiger partial charge in [-0.15, -0.1) is 0 Å². The first-order valence-corrected chi connectivity index (χ1v) is 6.58. The molecule has 0 spiro atoms. The molecule has 1 aromatic carbocycles. The van der Waals surface area contributed by atoms with E-state index in [2.05, 4.69) is 22.4 Å². The standard InChI is InChI=1S/C15H18N2O/c1-2-18-14-8-12(9-14)17-13-7-11-5-3-4-6-15(11)16-10-13/h3-7,10,12,14,17H,2,8-9H2,1H3. The van der Waals surface area contributed by atoms with E-state index in [9.17, 15) is 0 Å². The van der Waals surface area contributed by atoms with Gasteiger partial charge in [0.2, 0.25) is 0 Å². The van der Waals surface area contributed by atoms with E-state index >= 15 is 0 Å². The SMILES string of the molecule is CCOC1CC(Nc2cnc3ccccc3c2)C1. The maximum Gasteiger partial charge on any atom is 0.0703 e. The van der Waals surface area contributed by atoms with Crippen LogP contribution < -0.4 is 5.32 Å². The second kappa shape index (κ2) is 4.94.